The Kier molecular flexibility index (Phi) is 9.73. The number of rotatable bonds is 6. The molecule has 1 saturated heterocycles. The maximum atomic E-state index is 14.5. The summed E-state index contributed by atoms with van der Waals surface area (Å²) in [6, 6.07) is 9.95. The van der Waals surface area contributed by atoms with E-state index in [1.54, 1.807) is 11.6 Å². The van der Waals surface area contributed by atoms with Crippen molar-refractivity contribution >= 4 is 18.0 Å². The lowest BCUT2D eigenvalue weighted by atomic mass is 9.33. The molecular formula is C45H66N2O4. The Balaban J connectivity index is 1.03. The van der Waals surface area contributed by atoms with Gasteiger partial charge < -0.3 is 14.7 Å². The number of amides is 1. The Labute approximate surface area is 308 Å². The van der Waals surface area contributed by atoms with Crippen molar-refractivity contribution in [2.75, 3.05) is 39.3 Å². The molecule has 0 unspecified atom stereocenters. The van der Waals surface area contributed by atoms with E-state index < -0.39 is 5.41 Å². The summed E-state index contributed by atoms with van der Waals surface area (Å²) in [7, 11) is 0. The van der Waals surface area contributed by atoms with Crippen LogP contribution >= 0.6 is 0 Å². The minimum absolute atomic E-state index is 0.0417. The molecule has 1 heterocycles. The summed E-state index contributed by atoms with van der Waals surface area (Å²) in [5, 5.41) is 11.1. The van der Waals surface area contributed by atoms with Crippen LogP contribution in [-0.2, 0) is 14.3 Å². The van der Waals surface area contributed by atoms with Gasteiger partial charge in [0.25, 0.3) is 0 Å². The van der Waals surface area contributed by atoms with Crippen LogP contribution in [0.3, 0.4) is 0 Å². The van der Waals surface area contributed by atoms with E-state index in [1.165, 1.54) is 12.8 Å². The topological polar surface area (TPSA) is 70.1 Å². The van der Waals surface area contributed by atoms with E-state index in [9.17, 15) is 14.7 Å². The molecule has 0 aromatic heterocycles. The van der Waals surface area contributed by atoms with Crippen molar-refractivity contribution in [3.8, 4) is 0 Å². The molecule has 0 radical (unpaired) electrons. The summed E-state index contributed by atoms with van der Waals surface area (Å²) < 4.78 is 6.33. The smallest absolute Gasteiger partial charge is 0.312 e. The highest BCUT2D eigenvalue weighted by molar-refractivity contribution is 5.91. The number of aliphatic hydroxyl groups is 1. The van der Waals surface area contributed by atoms with Gasteiger partial charge in [-0.1, -0.05) is 90.4 Å². The molecule has 10 atom stereocenters. The predicted molar refractivity (Wildman–Crippen MR) is 204 cm³/mol. The summed E-state index contributed by atoms with van der Waals surface area (Å²) in [6.07, 6.45) is 15.5. The lowest BCUT2D eigenvalue weighted by Gasteiger charge is -2.71. The van der Waals surface area contributed by atoms with Crippen molar-refractivity contribution in [2.45, 2.75) is 112 Å². The minimum atomic E-state index is -0.436. The van der Waals surface area contributed by atoms with E-state index in [0.29, 0.717) is 49.9 Å². The van der Waals surface area contributed by atoms with Gasteiger partial charge in [0.15, 0.2) is 0 Å². The molecular weight excluding hydrogens is 633 g/mol. The lowest BCUT2D eigenvalue weighted by molar-refractivity contribution is -0.207. The number of ether oxygens (including phenoxy) is 1. The fourth-order valence-electron chi connectivity index (χ4n) is 13.3. The predicted octanol–water partition coefficient (Wildman–Crippen LogP) is 8.41. The van der Waals surface area contributed by atoms with E-state index in [-0.39, 0.29) is 45.6 Å². The number of piperazine rings is 1. The Morgan fingerprint density at radius 1 is 0.882 bits per heavy atom. The van der Waals surface area contributed by atoms with Crippen molar-refractivity contribution in [1.29, 1.82) is 0 Å². The molecule has 1 aromatic carbocycles. The zero-order chi connectivity index (χ0) is 36.4. The average Bonchev–Trinajstić information content (AvgIpc) is 3.11. The number of hydrogen-bond acceptors (Lipinski definition) is 5. The van der Waals surface area contributed by atoms with Gasteiger partial charge in [-0.3, -0.25) is 14.5 Å². The number of hydrogen-bond donors (Lipinski definition) is 1. The number of nitrogens with zero attached hydrogens (tertiary/aromatic N) is 2. The summed E-state index contributed by atoms with van der Waals surface area (Å²) in [5.41, 5.74) is 2.59. The fraction of sp³-hybridized carbons (Fsp3) is 0.733. The van der Waals surface area contributed by atoms with Gasteiger partial charge in [0.2, 0.25) is 5.91 Å². The molecule has 0 spiro atoms. The van der Waals surface area contributed by atoms with Gasteiger partial charge in [0.1, 0.15) is 6.61 Å². The monoisotopic (exact) mass is 699 g/mol. The zero-order valence-corrected chi connectivity index (χ0v) is 32.8. The number of aliphatic hydroxyl groups excluding tert-OH is 1. The largest absolute Gasteiger partial charge is 0.464 e. The normalized spacial score (nSPS) is 42.2. The van der Waals surface area contributed by atoms with E-state index in [1.807, 2.05) is 41.3 Å². The summed E-state index contributed by atoms with van der Waals surface area (Å²) in [4.78, 5) is 31.6. The standard InChI is InChI=1S/C45H66N2O4/c1-31-17-22-45(40(50)51-30-29-46-25-27-47(28-26-46)38(49)16-13-33-11-9-8-10-12-33)24-23-43(6)34(39(45)32(31)2)14-15-36-42(5)20-19-37(48)41(3,4)35(42)18-21-44(36,43)7/h8-14,16,31-32,35-37,39,48H,15,17-30H2,1-7H3/b16-13+/t31-,32+,35+,36-,37+,39+,42+,43-,44-,45+/m1/s1. The van der Waals surface area contributed by atoms with Gasteiger partial charge in [-0.25, -0.2) is 0 Å². The van der Waals surface area contributed by atoms with Crippen molar-refractivity contribution in [1.82, 2.24) is 9.80 Å². The van der Waals surface area contributed by atoms with Crippen LogP contribution < -0.4 is 0 Å². The van der Waals surface area contributed by atoms with Crippen molar-refractivity contribution < 1.29 is 19.4 Å². The van der Waals surface area contributed by atoms with Gasteiger partial charge in [-0.15, -0.1) is 0 Å². The Bertz CT molecular complexity index is 1530. The average molecular weight is 699 g/mol. The molecule has 1 N–H and O–H groups in total. The Morgan fingerprint density at radius 2 is 1.61 bits per heavy atom. The molecule has 6 aliphatic rings. The maximum absolute atomic E-state index is 14.5. The molecule has 5 aliphatic carbocycles. The lowest BCUT2D eigenvalue weighted by Crippen LogP contribution is -2.65. The number of allylic oxidation sites excluding steroid dienone is 2. The molecule has 7 rings (SSSR count). The van der Waals surface area contributed by atoms with Gasteiger partial charge in [0, 0.05) is 38.8 Å². The molecule has 280 valence electrons. The number of esters is 1. The number of carbonyl (C=O) groups is 2. The van der Waals surface area contributed by atoms with Crippen LogP contribution in [0.2, 0.25) is 0 Å². The van der Waals surface area contributed by atoms with Crippen LogP contribution in [-0.4, -0.2) is 72.2 Å². The minimum Gasteiger partial charge on any atom is -0.464 e. The van der Waals surface area contributed by atoms with Crippen LogP contribution in [0.1, 0.15) is 112 Å². The highest BCUT2D eigenvalue weighted by Gasteiger charge is 2.69. The molecule has 1 aromatic rings. The number of benzene rings is 1. The molecule has 6 nitrogen and oxygen atoms in total. The Hall–Kier alpha value is -2.44. The number of carbonyl (C=O) groups excluding carboxylic acids is 2. The van der Waals surface area contributed by atoms with Gasteiger partial charge in [-0.2, -0.15) is 0 Å². The molecule has 1 aliphatic heterocycles. The molecule has 5 fully saturated rings. The third-order valence-corrected chi connectivity index (χ3v) is 16.9. The third-order valence-electron chi connectivity index (χ3n) is 16.9. The van der Waals surface area contributed by atoms with E-state index in [4.69, 9.17) is 4.74 Å². The van der Waals surface area contributed by atoms with Crippen molar-refractivity contribution in [3.63, 3.8) is 0 Å². The highest BCUT2D eigenvalue weighted by Crippen LogP contribution is 2.75. The summed E-state index contributed by atoms with van der Waals surface area (Å²) in [6.45, 7) is 21.4. The number of fused-ring (bicyclic) bond motifs is 7. The van der Waals surface area contributed by atoms with Crippen molar-refractivity contribution in [3.05, 3.63) is 53.6 Å². The van der Waals surface area contributed by atoms with Gasteiger partial charge in [0.05, 0.1) is 11.5 Å². The molecule has 1 amide bonds. The van der Waals surface area contributed by atoms with Gasteiger partial charge >= 0.3 is 5.97 Å². The first-order valence-electron chi connectivity index (χ1n) is 20.5. The van der Waals surface area contributed by atoms with Crippen LogP contribution in [0.25, 0.3) is 6.08 Å². The molecule has 4 saturated carbocycles. The Morgan fingerprint density at radius 3 is 2.33 bits per heavy atom. The van der Waals surface area contributed by atoms with Crippen LogP contribution in [0.15, 0.2) is 48.1 Å². The summed E-state index contributed by atoms with van der Waals surface area (Å²) in [5.74, 6) is 2.49. The maximum Gasteiger partial charge on any atom is 0.312 e. The fourth-order valence-corrected chi connectivity index (χ4v) is 13.3. The van der Waals surface area contributed by atoms with E-state index in [0.717, 1.165) is 63.6 Å². The second kappa shape index (κ2) is 13.4. The SMILES string of the molecule is C[C@H]1[C@H](C)CC[C@]2(C(=O)OCCN3CCN(C(=O)/C=C/c4ccccc4)CC3)CC[C@]3(C)C(=CC[C@@H]4[C@@]5(C)CC[C@H](O)C(C)(C)[C@@H]5CC[C@]43C)[C@H]12. The van der Waals surface area contributed by atoms with Crippen LogP contribution in [0.5, 0.6) is 0 Å². The first-order chi connectivity index (χ1) is 24.2. The molecule has 51 heavy (non-hydrogen) atoms. The van der Waals surface area contributed by atoms with E-state index in [2.05, 4.69) is 59.4 Å². The third kappa shape index (κ3) is 5.88. The highest BCUT2D eigenvalue weighted by atomic mass is 16.5. The quantitative estimate of drug-likeness (QED) is 0.184. The van der Waals surface area contributed by atoms with Crippen LogP contribution in [0.4, 0.5) is 0 Å². The molecule has 6 heteroatoms. The second-order valence-corrected chi connectivity index (χ2v) is 19.2. The van der Waals surface area contributed by atoms with Gasteiger partial charge in [-0.05, 0) is 121 Å². The zero-order valence-electron chi connectivity index (χ0n) is 32.8. The summed E-state index contributed by atoms with van der Waals surface area (Å²) >= 11 is 0. The van der Waals surface area contributed by atoms with Crippen molar-refractivity contribution in [2.24, 2.45) is 56.7 Å². The second-order valence-electron chi connectivity index (χ2n) is 19.2. The van der Waals surface area contributed by atoms with E-state index >= 15 is 0 Å². The first-order valence-corrected chi connectivity index (χ1v) is 20.5. The van der Waals surface area contributed by atoms with Crippen LogP contribution in [0, 0.1) is 56.7 Å². The molecule has 0 bridgehead atoms. The first kappa shape index (κ1) is 36.9.